The van der Waals surface area contributed by atoms with Crippen molar-refractivity contribution in [1.29, 1.82) is 0 Å². The summed E-state index contributed by atoms with van der Waals surface area (Å²) in [7, 11) is 3.10. The Labute approximate surface area is 199 Å². The molecule has 0 saturated heterocycles. The Hall–Kier alpha value is -3.11. The van der Waals surface area contributed by atoms with Crippen LogP contribution in [0.5, 0.6) is 11.5 Å². The Morgan fingerprint density at radius 3 is 2.85 bits per heavy atom. The van der Waals surface area contributed by atoms with Gasteiger partial charge in [-0.1, -0.05) is 25.1 Å². The molecule has 1 N–H and O–H groups in total. The van der Waals surface area contributed by atoms with Gasteiger partial charge in [-0.15, -0.1) is 11.3 Å². The van der Waals surface area contributed by atoms with E-state index >= 15 is 0 Å². The molecule has 0 aliphatic heterocycles. The minimum atomic E-state index is -0.236. The first-order chi connectivity index (χ1) is 16.0. The van der Waals surface area contributed by atoms with E-state index in [9.17, 15) is 9.59 Å². The van der Waals surface area contributed by atoms with Crippen molar-refractivity contribution in [2.24, 2.45) is 0 Å². The van der Waals surface area contributed by atoms with Crippen LogP contribution >= 0.6 is 23.1 Å². The van der Waals surface area contributed by atoms with Crippen molar-refractivity contribution in [3.05, 3.63) is 46.9 Å². The average Bonchev–Trinajstić information content (AvgIpc) is 3.21. The van der Waals surface area contributed by atoms with Crippen molar-refractivity contribution >= 4 is 55.1 Å². The second kappa shape index (κ2) is 10.2. The molecule has 0 saturated carbocycles. The summed E-state index contributed by atoms with van der Waals surface area (Å²) in [5.41, 5.74) is 1.07. The quantitative estimate of drug-likeness (QED) is 0.275. The van der Waals surface area contributed by atoms with Gasteiger partial charge in [-0.05, 0) is 30.7 Å². The number of fused-ring (bicyclic) bond motifs is 3. The molecule has 0 aliphatic carbocycles. The van der Waals surface area contributed by atoms with E-state index in [4.69, 9.17) is 14.5 Å². The van der Waals surface area contributed by atoms with Crippen LogP contribution in [0.15, 0.2) is 46.5 Å². The number of rotatable bonds is 9. The number of hydrogen-bond donors (Lipinski definition) is 1. The molecule has 0 fully saturated rings. The smallest absolute Gasteiger partial charge is 0.272 e. The maximum Gasteiger partial charge on any atom is 0.272 e. The molecule has 0 aliphatic rings. The SMILES string of the molecule is CCCCn1c(SCC(=O)Nc2cc(OC)ccc2OC)nc2c(sc3ncccc32)c1=O. The van der Waals surface area contributed by atoms with Gasteiger partial charge in [0.1, 0.15) is 21.0 Å². The largest absolute Gasteiger partial charge is 0.497 e. The van der Waals surface area contributed by atoms with Gasteiger partial charge in [0.2, 0.25) is 5.91 Å². The molecular formula is C23H24N4O4S2. The lowest BCUT2D eigenvalue weighted by atomic mass is 10.2. The van der Waals surface area contributed by atoms with Crippen LogP contribution in [0.4, 0.5) is 5.69 Å². The molecule has 3 aromatic heterocycles. The summed E-state index contributed by atoms with van der Waals surface area (Å²) >= 11 is 2.60. The Morgan fingerprint density at radius 1 is 1.24 bits per heavy atom. The fourth-order valence-corrected chi connectivity index (χ4v) is 5.24. The maximum absolute atomic E-state index is 13.3. The molecule has 0 atom stereocenters. The Kier molecular flexibility index (Phi) is 7.14. The lowest BCUT2D eigenvalue weighted by Crippen LogP contribution is -2.23. The number of anilines is 1. The highest BCUT2D eigenvalue weighted by atomic mass is 32.2. The van der Waals surface area contributed by atoms with Crippen molar-refractivity contribution in [2.45, 2.75) is 31.5 Å². The maximum atomic E-state index is 13.3. The van der Waals surface area contributed by atoms with Crippen LogP contribution in [-0.4, -0.2) is 40.4 Å². The number of benzene rings is 1. The number of ether oxygens (including phenoxy) is 2. The van der Waals surface area contributed by atoms with Gasteiger partial charge >= 0.3 is 0 Å². The van der Waals surface area contributed by atoms with Crippen LogP contribution in [0.25, 0.3) is 20.4 Å². The summed E-state index contributed by atoms with van der Waals surface area (Å²) in [4.78, 5) is 36.0. The molecule has 0 radical (unpaired) electrons. The molecule has 33 heavy (non-hydrogen) atoms. The van der Waals surface area contributed by atoms with Crippen LogP contribution in [0.1, 0.15) is 19.8 Å². The molecule has 8 nitrogen and oxygen atoms in total. The van der Waals surface area contributed by atoms with E-state index in [-0.39, 0.29) is 17.2 Å². The molecule has 4 rings (SSSR count). The number of pyridine rings is 1. The van der Waals surface area contributed by atoms with Crippen molar-refractivity contribution in [3.8, 4) is 11.5 Å². The Bertz CT molecular complexity index is 1370. The van der Waals surface area contributed by atoms with Crippen LogP contribution in [0, 0.1) is 0 Å². The first-order valence-electron chi connectivity index (χ1n) is 10.5. The summed E-state index contributed by atoms with van der Waals surface area (Å²) in [5.74, 6) is 0.993. The molecule has 0 unspecified atom stereocenters. The normalized spacial score (nSPS) is 11.1. The molecule has 0 bridgehead atoms. The van der Waals surface area contributed by atoms with Crippen molar-refractivity contribution in [2.75, 3.05) is 25.3 Å². The number of thioether (sulfide) groups is 1. The summed E-state index contributed by atoms with van der Waals surface area (Å²) in [6, 6.07) is 8.94. The zero-order valence-corrected chi connectivity index (χ0v) is 20.2. The van der Waals surface area contributed by atoms with Gasteiger partial charge in [-0.3, -0.25) is 14.2 Å². The Balaban J connectivity index is 1.63. The number of thiophene rings is 1. The van der Waals surface area contributed by atoms with Gasteiger partial charge in [-0.25, -0.2) is 9.97 Å². The number of unbranched alkanes of at least 4 members (excludes halogenated alkanes) is 1. The third-order valence-corrected chi connectivity index (χ3v) is 7.13. The fraction of sp³-hybridized carbons (Fsp3) is 0.304. The third-order valence-electron chi connectivity index (χ3n) is 5.07. The van der Waals surface area contributed by atoms with E-state index in [1.54, 1.807) is 36.1 Å². The number of hydrogen-bond acceptors (Lipinski definition) is 8. The highest BCUT2D eigenvalue weighted by Crippen LogP contribution is 2.31. The number of nitrogens with zero attached hydrogens (tertiary/aromatic N) is 3. The van der Waals surface area contributed by atoms with E-state index in [1.165, 1.54) is 30.2 Å². The number of carbonyl (C=O) groups excluding carboxylic acids is 1. The third kappa shape index (κ3) is 4.81. The van der Waals surface area contributed by atoms with Gasteiger partial charge in [0.05, 0.1) is 31.2 Å². The van der Waals surface area contributed by atoms with Gasteiger partial charge in [-0.2, -0.15) is 0 Å². The van der Waals surface area contributed by atoms with Crippen molar-refractivity contribution in [3.63, 3.8) is 0 Å². The molecule has 1 amide bonds. The van der Waals surface area contributed by atoms with Gasteiger partial charge in [0.25, 0.3) is 5.56 Å². The lowest BCUT2D eigenvalue weighted by Gasteiger charge is -2.13. The number of nitrogens with one attached hydrogen (secondary N) is 1. The molecular weight excluding hydrogens is 460 g/mol. The van der Waals surface area contributed by atoms with E-state index < -0.39 is 0 Å². The monoisotopic (exact) mass is 484 g/mol. The van der Waals surface area contributed by atoms with E-state index in [2.05, 4.69) is 17.2 Å². The summed E-state index contributed by atoms with van der Waals surface area (Å²) in [6.07, 6.45) is 3.50. The summed E-state index contributed by atoms with van der Waals surface area (Å²) < 4.78 is 12.8. The number of aromatic nitrogens is 3. The van der Waals surface area contributed by atoms with Gasteiger partial charge < -0.3 is 14.8 Å². The number of amides is 1. The highest BCUT2D eigenvalue weighted by Gasteiger charge is 2.18. The van der Waals surface area contributed by atoms with Crippen molar-refractivity contribution in [1.82, 2.24) is 14.5 Å². The number of carbonyl (C=O) groups is 1. The van der Waals surface area contributed by atoms with Gasteiger partial charge in [0, 0.05) is 24.2 Å². The van der Waals surface area contributed by atoms with Crippen LogP contribution in [0.2, 0.25) is 0 Å². The van der Waals surface area contributed by atoms with Crippen LogP contribution in [0.3, 0.4) is 0 Å². The predicted octanol–water partition coefficient (Wildman–Crippen LogP) is 4.55. The average molecular weight is 485 g/mol. The zero-order valence-electron chi connectivity index (χ0n) is 18.6. The molecule has 4 aromatic rings. The minimum absolute atomic E-state index is 0.0881. The second-order valence-electron chi connectivity index (χ2n) is 7.24. The summed E-state index contributed by atoms with van der Waals surface area (Å²) in [5, 5.41) is 4.23. The van der Waals surface area contributed by atoms with E-state index in [0.29, 0.717) is 39.1 Å². The summed E-state index contributed by atoms with van der Waals surface area (Å²) in [6.45, 7) is 2.62. The van der Waals surface area contributed by atoms with Crippen molar-refractivity contribution < 1.29 is 14.3 Å². The molecule has 0 spiro atoms. The second-order valence-corrected chi connectivity index (χ2v) is 9.19. The minimum Gasteiger partial charge on any atom is -0.497 e. The first kappa shape index (κ1) is 23.1. The molecule has 10 heteroatoms. The first-order valence-corrected chi connectivity index (χ1v) is 12.3. The molecule has 172 valence electrons. The standard InChI is InChI=1S/C23H24N4O4S2/c1-4-5-11-27-22(29)20-19(15-7-6-10-24-21(15)33-20)26-23(27)32-13-18(28)25-16-12-14(30-2)8-9-17(16)31-3/h6-10,12H,4-5,11,13H2,1-3H3,(H,25,28). The topological polar surface area (TPSA) is 95.3 Å². The fourth-order valence-electron chi connectivity index (χ4n) is 3.39. The number of methoxy groups -OCH3 is 2. The van der Waals surface area contributed by atoms with Crippen LogP contribution < -0.4 is 20.3 Å². The van der Waals surface area contributed by atoms with Gasteiger partial charge in [0.15, 0.2) is 5.16 Å². The Morgan fingerprint density at radius 2 is 2.09 bits per heavy atom. The van der Waals surface area contributed by atoms with Crippen LogP contribution in [-0.2, 0) is 11.3 Å². The predicted molar refractivity (Wildman–Crippen MR) is 133 cm³/mol. The molecule has 1 aromatic carbocycles. The van der Waals surface area contributed by atoms with E-state index in [0.717, 1.165) is 23.1 Å². The molecule has 3 heterocycles. The highest BCUT2D eigenvalue weighted by molar-refractivity contribution is 7.99. The van der Waals surface area contributed by atoms with E-state index in [1.807, 2.05) is 12.1 Å². The lowest BCUT2D eigenvalue weighted by molar-refractivity contribution is -0.113. The zero-order chi connectivity index (χ0) is 23.4.